The Kier molecular flexibility index (Phi) is 8.07. The zero-order valence-corrected chi connectivity index (χ0v) is 34.5. The molecule has 7 N–H and O–H groups in total. The zero-order valence-electron chi connectivity index (χ0n) is 30.1. The summed E-state index contributed by atoms with van der Waals surface area (Å²) in [6.45, 7) is 0. The minimum absolute atomic E-state index is 0.662. The fourth-order valence-corrected chi connectivity index (χ4v) is 19.0. The van der Waals surface area contributed by atoms with Gasteiger partial charge in [0.1, 0.15) is 0 Å². The van der Waals surface area contributed by atoms with Gasteiger partial charge in [-0.3, -0.25) is 0 Å². The van der Waals surface area contributed by atoms with E-state index >= 15 is 0 Å². The molecule has 0 radical (unpaired) electrons. The molecule has 272 valence electrons. The normalized spacial score (nSPS) is 16.3. The van der Waals surface area contributed by atoms with E-state index in [-0.39, 0.29) is 0 Å². The first-order chi connectivity index (χ1) is 27.2. The molecule has 0 unspecified atom stereocenters. The molecule has 10 rings (SSSR count). The predicted octanol–water partition coefficient (Wildman–Crippen LogP) is 7.35. The van der Waals surface area contributed by atoms with Gasteiger partial charge in [0, 0.05) is 0 Å². The van der Waals surface area contributed by atoms with Crippen LogP contribution in [-0.2, 0) is 0 Å². The maximum atomic E-state index is 8.37. The molecule has 4 aliphatic rings. The quantitative estimate of drug-likeness (QED) is 0.107. The number of benzene rings is 4. The van der Waals surface area contributed by atoms with Crippen LogP contribution in [0.1, 0.15) is 33.6 Å². The van der Waals surface area contributed by atoms with Crippen LogP contribution in [0.2, 0.25) is 0 Å². The molecule has 0 atom stereocenters. The minimum atomic E-state index is -5.09. The summed E-state index contributed by atoms with van der Waals surface area (Å²) in [6.07, 6.45) is 8.31. The summed E-state index contributed by atoms with van der Waals surface area (Å²) in [6, 6.07) is 40.5. The predicted molar refractivity (Wildman–Crippen MR) is 235 cm³/mol. The van der Waals surface area contributed by atoms with E-state index in [0.717, 1.165) is 95.1 Å². The van der Waals surface area contributed by atoms with Crippen molar-refractivity contribution in [3.8, 4) is 0 Å². The summed E-state index contributed by atoms with van der Waals surface area (Å²) in [5, 5.41) is 4.94. The number of nitrogens with zero attached hydrogens (tertiary/aromatic N) is 4. The third-order valence-corrected chi connectivity index (χ3v) is 21.0. The second kappa shape index (κ2) is 13.1. The van der Waals surface area contributed by atoms with Gasteiger partial charge in [-0.25, -0.2) is 0 Å². The van der Waals surface area contributed by atoms with Crippen molar-refractivity contribution in [2.75, 3.05) is 29.6 Å². The number of aromatic nitrogens is 2. The van der Waals surface area contributed by atoms with E-state index in [9.17, 15) is 0 Å². The van der Waals surface area contributed by atoms with Crippen LogP contribution in [0, 0.1) is 0 Å². The van der Waals surface area contributed by atoms with Gasteiger partial charge in [-0.15, -0.1) is 0 Å². The maximum absolute atomic E-state index is 8.37. The number of hydrogen-bond acceptors (Lipinski definition) is 6. The van der Waals surface area contributed by atoms with E-state index in [1.807, 2.05) is 79.8 Å². The average Bonchev–Trinajstić information content (AvgIpc) is 4.03. The number of anilines is 4. The fraction of sp³-hybridized carbons (Fsp3) is 0.0222. The van der Waals surface area contributed by atoms with Gasteiger partial charge in [0.15, 0.2) is 0 Å². The summed E-state index contributed by atoms with van der Waals surface area (Å²) < 4.78 is 4.43. The molecular formula is C45H34Cl2N8Sn. The SMILES string of the molecule is CNc1ccc(C2=C3C=CC(=N3)C(c3ccc(N)cc3)=c3ccc4[n]3[Sn]([Cl])([Cl])[n]3c(ccc32)C(c2ccc(N)cc2)=C2C=CC(=N2)C=4c2ccc(N)cc2)cc1. The van der Waals surface area contributed by atoms with Crippen molar-refractivity contribution in [2.45, 2.75) is 0 Å². The van der Waals surface area contributed by atoms with E-state index < -0.39 is 16.7 Å². The van der Waals surface area contributed by atoms with Crippen LogP contribution in [-0.4, -0.2) is 40.7 Å². The van der Waals surface area contributed by atoms with Crippen molar-refractivity contribution < 1.29 is 0 Å². The summed E-state index contributed by atoms with van der Waals surface area (Å²) in [5.41, 5.74) is 33.9. The van der Waals surface area contributed by atoms with Gasteiger partial charge >= 0.3 is 337 Å². The molecule has 0 fully saturated rings. The van der Waals surface area contributed by atoms with Crippen LogP contribution in [0.15, 0.2) is 167 Å². The molecule has 4 aromatic carbocycles. The number of nitrogens with one attached hydrogen (secondary N) is 1. The molecule has 6 bridgehead atoms. The van der Waals surface area contributed by atoms with Gasteiger partial charge in [0.25, 0.3) is 0 Å². The Morgan fingerprint density at radius 1 is 0.464 bits per heavy atom. The van der Waals surface area contributed by atoms with Crippen molar-refractivity contribution in [3.63, 3.8) is 0 Å². The number of fused-ring (bicyclic) bond motifs is 2. The van der Waals surface area contributed by atoms with Gasteiger partial charge in [-0.2, -0.15) is 0 Å². The van der Waals surface area contributed by atoms with Gasteiger partial charge < -0.3 is 0 Å². The third kappa shape index (κ3) is 5.43. The van der Waals surface area contributed by atoms with Crippen LogP contribution in [0.5, 0.6) is 0 Å². The van der Waals surface area contributed by atoms with Crippen LogP contribution in [0.3, 0.4) is 0 Å². The number of allylic oxidation sites excluding steroid dienone is 4. The monoisotopic (exact) mass is 876 g/mol. The topological polar surface area (TPSA) is 125 Å². The molecule has 11 heteroatoms. The number of halogens is 2. The summed E-state index contributed by atoms with van der Waals surface area (Å²) in [5.74, 6) is 0. The molecule has 8 nitrogen and oxygen atoms in total. The average molecular weight is 876 g/mol. The fourth-order valence-electron chi connectivity index (χ4n) is 8.08. The van der Waals surface area contributed by atoms with Gasteiger partial charge in [0.2, 0.25) is 0 Å². The van der Waals surface area contributed by atoms with Crippen LogP contribution in [0.25, 0.3) is 22.3 Å². The number of hydrogen-bond donors (Lipinski definition) is 4. The number of aliphatic imine (C=N–C) groups is 2. The van der Waals surface area contributed by atoms with E-state index in [4.69, 9.17) is 45.0 Å². The molecule has 6 heterocycles. The molecular weight excluding hydrogens is 842 g/mol. The van der Waals surface area contributed by atoms with Gasteiger partial charge in [-0.05, 0) is 0 Å². The second-order valence-corrected chi connectivity index (χ2v) is 27.8. The molecule has 56 heavy (non-hydrogen) atoms. The standard InChI is InChI=1S/C45H34N8.2ClH.Sn/c1-49-33-16-8-29(9-17-33)45-40-24-22-38(52-40)43(27-4-12-31(47)13-5-27)36-20-18-34(50-36)42(26-2-10-30(46)11-3-26)35-19-21-37(51-35)44(39-23-25-41(45)53-39)28-6-14-32(48)15-7-28;;;/h2-25,49H,46-48H2,1H3;2*1H;/q-2;;;+4/p-2. The Balaban J connectivity index is 1.45. The molecule has 0 saturated carbocycles. The van der Waals surface area contributed by atoms with Crippen molar-refractivity contribution >= 4 is 91.0 Å². The van der Waals surface area contributed by atoms with Gasteiger partial charge in [-0.1, -0.05) is 0 Å². The van der Waals surface area contributed by atoms with Crippen molar-refractivity contribution in [1.29, 1.82) is 0 Å². The number of rotatable bonds is 5. The number of nitrogens with two attached hydrogens (primary N) is 3. The van der Waals surface area contributed by atoms with Crippen LogP contribution >= 0.6 is 17.8 Å². The Labute approximate surface area is 335 Å². The number of nitrogen functional groups attached to an aromatic ring is 3. The Bertz CT molecular complexity index is 2960. The molecule has 4 aliphatic heterocycles. The Hall–Kier alpha value is -5.94. The second-order valence-electron chi connectivity index (χ2n) is 14.0. The van der Waals surface area contributed by atoms with Crippen LogP contribution in [0.4, 0.5) is 22.7 Å². The van der Waals surface area contributed by atoms with E-state index in [1.165, 1.54) is 0 Å². The molecule has 0 spiro atoms. The first-order valence-electron chi connectivity index (χ1n) is 18.2. The Morgan fingerprint density at radius 3 is 1.23 bits per heavy atom. The molecule has 0 aliphatic carbocycles. The molecule has 0 saturated heterocycles. The van der Waals surface area contributed by atoms with Crippen molar-refractivity contribution in [1.82, 2.24) is 5.58 Å². The first kappa shape index (κ1) is 34.5. The molecule has 2 aromatic heterocycles. The van der Waals surface area contributed by atoms with Gasteiger partial charge in [0.05, 0.1) is 0 Å². The van der Waals surface area contributed by atoms with E-state index in [1.54, 1.807) is 0 Å². The van der Waals surface area contributed by atoms with Crippen molar-refractivity contribution in [3.05, 3.63) is 201 Å². The van der Waals surface area contributed by atoms with E-state index in [0.29, 0.717) is 17.1 Å². The first-order valence-corrected chi connectivity index (χ1v) is 27.9. The van der Waals surface area contributed by atoms with Crippen molar-refractivity contribution in [2.24, 2.45) is 9.98 Å². The third-order valence-electron chi connectivity index (χ3n) is 10.7. The summed E-state index contributed by atoms with van der Waals surface area (Å²) in [4.78, 5) is 10.8. The Morgan fingerprint density at radius 2 is 0.839 bits per heavy atom. The zero-order chi connectivity index (χ0) is 38.3. The molecule has 0 amide bonds. The van der Waals surface area contributed by atoms with E-state index in [2.05, 4.69) is 83.7 Å². The summed E-state index contributed by atoms with van der Waals surface area (Å²) >= 11 is -5.09. The summed E-state index contributed by atoms with van der Waals surface area (Å²) in [7, 11) is 18.7. The molecule has 6 aromatic rings. The van der Waals surface area contributed by atoms with Crippen LogP contribution < -0.4 is 33.2 Å².